The molecule has 0 amide bonds. The van der Waals surface area contributed by atoms with Gasteiger partial charge in [0.2, 0.25) is 0 Å². The molecule has 1 aromatic heterocycles. The van der Waals surface area contributed by atoms with E-state index in [9.17, 15) is 0 Å². The molecule has 0 saturated heterocycles. The second kappa shape index (κ2) is 5.62. The van der Waals surface area contributed by atoms with Crippen LogP contribution in [-0.4, -0.2) is 6.10 Å². The maximum atomic E-state index is 6.38. The first-order valence-corrected chi connectivity index (χ1v) is 7.13. The lowest BCUT2D eigenvalue weighted by Gasteiger charge is -2.13. The van der Waals surface area contributed by atoms with Crippen molar-refractivity contribution < 1.29 is 9.15 Å². The normalized spacial score (nSPS) is 12.8. The minimum atomic E-state index is -0.207. The quantitative estimate of drug-likeness (QED) is 0.777. The fourth-order valence-corrected chi connectivity index (χ4v) is 2.44. The maximum Gasteiger partial charge on any atom is 0.134 e. The van der Waals surface area contributed by atoms with Crippen LogP contribution in [0.1, 0.15) is 31.0 Å². The average Bonchev–Trinajstić information content (AvgIpc) is 2.90. The van der Waals surface area contributed by atoms with E-state index in [2.05, 4.69) is 0 Å². The third kappa shape index (κ3) is 2.78. The SMILES string of the molecule is CC(C)Oc1ccc(C(N)c2coc3ccccc23)cc1. The molecule has 0 aliphatic rings. The van der Waals surface area contributed by atoms with E-state index in [1.807, 2.05) is 62.4 Å². The van der Waals surface area contributed by atoms with Gasteiger partial charge in [-0.05, 0) is 37.6 Å². The zero-order valence-electron chi connectivity index (χ0n) is 12.2. The molecular weight excluding hydrogens is 262 g/mol. The number of benzene rings is 2. The van der Waals surface area contributed by atoms with Crippen molar-refractivity contribution in [3.8, 4) is 5.75 Å². The molecule has 3 aromatic rings. The molecule has 3 nitrogen and oxygen atoms in total. The van der Waals surface area contributed by atoms with E-state index in [1.165, 1.54) is 0 Å². The van der Waals surface area contributed by atoms with E-state index < -0.39 is 0 Å². The van der Waals surface area contributed by atoms with Crippen LogP contribution in [0.3, 0.4) is 0 Å². The van der Waals surface area contributed by atoms with Crippen molar-refractivity contribution in [2.45, 2.75) is 26.0 Å². The molecule has 0 bridgehead atoms. The van der Waals surface area contributed by atoms with Crippen LogP contribution < -0.4 is 10.5 Å². The lowest BCUT2D eigenvalue weighted by molar-refractivity contribution is 0.242. The summed E-state index contributed by atoms with van der Waals surface area (Å²) in [5, 5.41) is 1.06. The topological polar surface area (TPSA) is 48.4 Å². The van der Waals surface area contributed by atoms with Crippen molar-refractivity contribution in [2.75, 3.05) is 0 Å². The highest BCUT2D eigenvalue weighted by Gasteiger charge is 2.15. The molecule has 108 valence electrons. The summed E-state index contributed by atoms with van der Waals surface area (Å²) in [5.74, 6) is 0.859. The van der Waals surface area contributed by atoms with E-state index >= 15 is 0 Å². The predicted octanol–water partition coefficient (Wildman–Crippen LogP) is 4.27. The maximum absolute atomic E-state index is 6.38. The van der Waals surface area contributed by atoms with Crippen molar-refractivity contribution in [3.05, 3.63) is 65.9 Å². The molecular formula is C18H19NO2. The Hall–Kier alpha value is -2.26. The molecule has 2 aromatic carbocycles. The van der Waals surface area contributed by atoms with E-state index in [0.29, 0.717) is 0 Å². The molecule has 1 unspecified atom stereocenters. The molecule has 1 heterocycles. The van der Waals surface area contributed by atoms with Crippen molar-refractivity contribution in [2.24, 2.45) is 5.73 Å². The summed E-state index contributed by atoms with van der Waals surface area (Å²) in [6.07, 6.45) is 1.91. The third-order valence-corrected chi connectivity index (χ3v) is 3.46. The number of ether oxygens (including phenoxy) is 1. The van der Waals surface area contributed by atoms with Gasteiger partial charge in [0.15, 0.2) is 0 Å². The van der Waals surface area contributed by atoms with Gasteiger partial charge in [0, 0.05) is 10.9 Å². The smallest absolute Gasteiger partial charge is 0.134 e. The largest absolute Gasteiger partial charge is 0.491 e. The van der Waals surface area contributed by atoms with Gasteiger partial charge in [0.1, 0.15) is 11.3 Å². The lowest BCUT2D eigenvalue weighted by atomic mass is 9.99. The molecule has 3 rings (SSSR count). The minimum absolute atomic E-state index is 0.169. The van der Waals surface area contributed by atoms with Crippen LogP contribution in [0.2, 0.25) is 0 Å². The number of fused-ring (bicyclic) bond motifs is 1. The average molecular weight is 281 g/mol. The number of furan rings is 1. The Balaban J connectivity index is 1.89. The minimum Gasteiger partial charge on any atom is -0.491 e. The third-order valence-electron chi connectivity index (χ3n) is 3.46. The Morgan fingerprint density at radius 3 is 2.43 bits per heavy atom. The standard InChI is InChI=1S/C18H19NO2/c1-12(2)21-14-9-7-13(8-10-14)18(19)16-11-20-17-6-4-3-5-15(16)17/h3-12,18H,19H2,1-2H3. The van der Waals surface area contributed by atoms with Gasteiger partial charge >= 0.3 is 0 Å². The first kappa shape index (κ1) is 13.7. The Labute approximate surface area is 124 Å². The van der Waals surface area contributed by atoms with E-state index in [4.69, 9.17) is 14.9 Å². The van der Waals surface area contributed by atoms with Crippen LogP contribution in [0.5, 0.6) is 5.75 Å². The highest BCUT2D eigenvalue weighted by molar-refractivity contribution is 5.81. The van der Waals surface area contributed by atoms with Gasteiger partial charge in [-0.1, -0.05) is 30.3 Å². The van der Waals surface area contributed by atoms with Gasteiger partial charge in [-0.3, -0.25) is 0 Å². The Kier molecular flexibility index (Phi) is 3.67. The fourth-order valence-electron chi connectivity index (χ4n) is 2.44. The summed E-state index contributed by atoms with van der Waals surface area (Å²) in [5.41, 5.74) is 9.28. The van der Waals surface area contributed by atoms with Gasteiger partial charge in [-0.15, -0.1) is 0 Å². The summed E-state index contributed by atoms with van der Waals surface area (Å²) < 4.78 is 11.2. The molecule has 0 spiro atoms. The van der Waals surface area contributed by atoms with Gasteiger partial charge in [0.05, 0.1) is 18.4 Å². The number of hydrogen-bond acceptors (Lipinski definition) is 3. The summed E-state index contributed by atoms with van der Waals surface area (Å²) in [4.78, 5) is 0. The number of rotatable bonds is 4. The number of hydrogen-bond donors (Lipinski definition) is 1. The van der Waals surface area contributed by atoms with Crippen molar-refractivity contribution in [3.63, 3.8) is 0 Å². The highest BCUT2D eigenvalue weighted by Crippen LogP contribution is 2.29. The van der Waals surface area contributed by atoms with Crippen molar-refractivity contribution >= 4 is 11.0 Å². The van der Waals surface area contributed by atoms with Crippen LogP contribution in [0.4, 0.5) is 0 Å². The Morgan fingerprint density at radius 1 is 1.00 bits per heavy atom. The Morgan fingerprint density at radius 2 is 1.71 bits per heavy atom. The summed E-state index contributed by atoms with van der Waals surface area (Å²) in [7, 11) is 0. The fraction of sp³-hybridized carbons (Fsp3) is 0.222. The van der Waals surface area contributed by atoms with E-state index in [-0.39, 0.29) is 12.1 Å². The second-order valence-corrected chi connectivity index (χ2v) is 5.40. The molecule has 21 heavy (non-hydrogen) atoms. The molecule has 2 N–H and O–H groups in total. The number of nitrogens with two attached hydrogens (primary N) is 1. The summed E-state index contributed by atoms with van der Waals surface area (Å²) in [6, 6.07) is 15.6. The molecule has 0 aliphatic heterocycles. The van der Waals surface area contributed by atoms with Gasteiger partial charge in [-0.25, -0.2) is 0 Å². The summed E-state index contributed by atoms with van der Waals surface area (Å²) in [6.45, 7) is 4.02. The Bertz CT molecular complexity index is 728. The molecule has 0 saturated carbocycles. The monoisotopic (exact) mass is 281 g/mol. The molecule has 3 heteroatoms. The highest BCUT2D eigenvalue weighted by atomic mass is 16.5. The molecule has 0 fully saturated rings. The van der Waals surface area contributed by atoms with Crippen LogP contribution in [0, 0.1) is 0 Å². The van der Waals surface area contributed by atoms with Gasteiger partial charge < -0.3 is 14.9 Å². The predicted molar refractivity (Wildman–Crippen MR) is 84.5 cm³/mol. The van der Waals surface area contributed by atoms with Crippen molar-refractivity contribution in [1.29, 1.82) is 0 Å². The van der Waals surface area contributed by atoms with Gasteiger partial charge in [-0.2, -0.15) is 0 Å². The molecule has 1 atom stereocenters. The van der Waals surface area contributed by atoms with E-state index in [0.717, 1.165) is 27.8 Å². The van der Waals surface area contributed by atoms with Crippen molar-refractivity contribution in [1.82, 2.24) is 0 Å². The first-order valence-electron chi connectivity index (χ1n) is 7.13. The van der Waals surface area contributed by atoms with Crippen LogP contribution in [0.15, 0.2) is 59.2 Å². The second-order valence-electron chi connectivity index (χ2n) is 5.40. The van der Waals surface area contributed by atoms with Crippen LogP contribution >= 0.6 is 0 Å². The van der Waals surface area contributed by atoms with Gasteiger partial charge in [0.25, 0.3) is 0 Å². The van der Waals surface area contributed by atoms with E-state index in [1.54, 1.807) is 6.26 Å². The lowest BCUT2D eigenvalue weighted by Crippen LogP contribution is -2.11. The number of para-hydroxylation sites is 1. The van der Waals surface area contributed by atoms with Crippen LogP contribution in [0.25, 0.3) is 11.0 Å². The zero-order chi connectivity index (χ0) is 14.8. The zero-order valence-corrected chi connectivity index (χ0v) is 12.2. The molecule has 0 radical (unpaired) electrons. The van der Waals surface area contributed by atoms with Crippen LogP contribution in [-0.2, 0) is 0 Å². The first-order chi connectivity index (χ1) is 10.1. The summed E-state index contributed by atoms with van der Waals surface area (Å²) >= 11 is 0. The molecule has 0 aliphatic carbocycles.